The maximum Gasteiger partial charge on any atom is 0.0958 e. The summed E-state index contributed by atoms with van der Waals surface area (Å²) in [5, 5.41) is 23.5. The molecule has 2 saturated carbocycles. The van der Waals surface area contributed by atoms with Crippen LogP contribution in [0.4, 0.5) is 0 Å². The first-order valence-corrected chi connectivity index (χ1v) is 14.0. The quantitative estimate of drug-likeness (QED) is 0.571. The van der Waals surface area contributed by atoms with Gasteiger partial charge in [-0.3, -0.25) is 4.98 Å². The summed E-state index contributed by atoms with van der Waals surface area (Å²) < 4.78 is 7.36. The number of aliphatic hydroxyl groups is 2. The van der Waals surface area contributed by atoms with E-state index in [-0.39, 0.29) is 17.4 Å². The molecule has 6 heteroatoms. The first-order chi connectivity index (χ1) is 17.1. The number of aromatic nitrogens is 1. The summed E-state index contributed by atoms with van der Waals surface area (Å²) in [6, 6.07) is 10.6. The molecule has 3 unspecified atom stereocenters. The van der Waals surface area contributed by atoms with Crippen molar-refractivity contribution in [3.8, 4) is 0 Å². The van der Waals surface area contributed by atoms with Gasteiger partial charge in [-0.2, -0.15) is 0 Å². The molecule has 2 N–H and O–H groups in total. The average Bonchev–Trinajstić information content (AvgIpc) is 3.39. The first-order valence-electron chi connectivity index (χ1n) is 13.6. The molecular formula is C30H37ClN2O3. The fraction of sp³-hybridized carbons (Fsp3) is 0.633. The lowest BCUT2D eigenvalue weighted by Gasteiger charge is -2.65. The molecule has 1 aromatic heterocycles. The van der Waals surface area contributed by atoms with Crippen LogP contribution in [0.3, 0.4) is 0 Å². The minimum atomic E-state index is -0.813. The molecule has 0 amide bonds. The number of rotatable bonds is 2. The van der Waals surface area contributed by atoms with E-state index in [4.69, 9.17) is 16.3 Å². The number of allylic oxidation sites excluding steroid dienone is 2. The summed E-state index contributed by atoms with van der Waals surface area (Å²) in [5.41, 5.74) is 2.86. The van der Waals surface area contributed by atoms with Gasteiger partial charge in [0.05, 0.1) is 33.8 Å². The Hall–Kier alpha value is -1.50. The molecule has 2 bridgehead atoms. The molecule has 192 valence electrons. The van der Waals surface area contributed by atoms with Gasteiger partial charge in [0.25, 0.3) is 0 Å². The van der Waals surface area contributed by atoms with Crippen LogP contribution in [0.15, 0.2) is 42.6 Å². The molecule has 5 nitrogen and oxygen atoms in total. The highest BCUT2D eigenvalue weighted by atomic mass is 35.5. The lowest BCUT2D eigenvalue weighted by atomic mass is 9.52. The van der Waals surface area contributed by atoms with Crippen LogP contribution in [-0.4, -0.2) is 68.5 Å². The molecule has 4 fully saturated rings. The molecule has 2 aliphatic heterocycles. The number of likely N-dealkylation sites (N-methyl/N-ethyl adjacent to an activating group) is 1. The van der Waals surface area contributed by atoms with Crippen molar-refractivity contribution in [1.82, 2.24) is 9.88 Å². The number of halogens is 1. The Kier molecular flexibility index (Phi) is 4.94. The molecule has 1 aromatic carbocycles. The number of benzene rings is 1. The molecule has 2 aromatic rings. The predicted octanol–water partition coefficient (Wildman–Crippen LogP) is 4.78. The van der Waals surface area contributed by atoms with E-state index in [2.05, 4.69) is 42.2 Å². The van der Waals surface area contributed by atoms with E-state index in [0.717, 1.165) is 44.0 Å². The molecule has 2 saturated heterocycles. The van der Waals surface area contributed by atoms with E-state index in [1.54, 1.807) is 0 Å². The normalized spacial score (nSPS) is 47.4. The van der Waals surface area contributed by atoms with E-state index in [0.29, 0.717) is 12.3 Å². The fourth-order valence-electron chi connectivity index (χ4n) is 9.32. The summed E-state index contributed by atoms with van der Waals surface area (Å²) in [6.07, 6.45) is 8.82. The van der Waals surface area contributed by atoms with E-state index in [1.807, 2.05) is 31.3 Å². The minimum absolute atomic E-state index is 0.0331. The van der Waals surface area contributed by atoms with Gasteiger partial charge in [0.1, 0.15) is 0 Å². The number of fused-ring (bicyclic) bond motifs is 2. The van der Waals surface area contributed by atoms with Crippen LogP contribution in [0.5, 0.6) is 0 Å². The lowest BCUT2D eigenvalue weighted by molar-refractivity contribution is -0.276. The van der Waals surface area contributed by atoms with Gasteiger partial charge in [-0.25, -0.2) is 0 Å². The zero-order chi connectivity index (χ0) is 25.1. The van der Waals surface area contributed by atoms with Crippen LogP contribution in [0.25, 0.3) is 16.5 Å². The Morgan fingerprint density at radius 2 is 1.86 bits per heavy atom. The second-order valence-corrected chi connectivity index (χ2v) is 13.5. The van der Waals surface area contributed by atoms with Gasteiger partial charge in [-0.1, -0.05) is 31.2 Å². The Bertz CT molecular complexity index is 1260. The number of pyridine rings is 1. The first kappa shape index (κ1) is 23.6. The Balaban J connectivity index is 1.30. The van der Waals surface area contributed by atoms with Crippen molar-refractivity contribution in [1.29, 1.82) is 0 Å². The van der Waals surface area contributed by atoms with Crippen molar-refractivity contribution in [2.24, 2.45) is 17.3 Å². The zero-order valence-electron chi connectivity index (χ0n) is 21.5. The number of hydrogen-bond acceptors (Lipinski definition) is 5. The molecule has 3 heterocycles. The maximum atomic E-state index is 11.3. The maximum absolute atomic E-state index is 11.3. The van der Waals surface area contributed by atoms with Crippen LogP contribution in [0.2, 0.25) is 0 Å². The Morgan fingerprint density at radius 1 is 1.03 bits per heavy atom. The number of ether oxygens (including phenoxy) is 1. The summed E-state index contributed by atoms with van der Waals surface area (Å²) in [4.78, 5) is 6.14. The average molecular weight is 509 g/mol. The van der Waals surface area contributed by atoms with Gasteiger partial charge in [0, 0.05) is 29.5 Å². The largest absolute Gasteiger partial charge is 0.390 e. The van der Waals surface area contributed by atoms with Crippen LogP contribution in [0, 0.1) is 17.3 Å². The van der Waals surface area contributed by atoms with Crippen molar-refractivity contribution in [2.75, 3.05) is 14.1 Å². The smallest absolute Gasteiger partial charge is 0.0958 e. The van der Waals surface area contributed by atoms with E-state index >= 15 is 0 Å². The molecule has 7 rings (SSSR count). The molecular weight excluding hydrogens is 472 g/mol. The van der Waals surface area contributed by atoms with Gasteiger partial charge in [0.15, 0.2) is 0 Å². The highest BCUT2D eigenvalue weighted by Gasteiger charge is 2.76. The summed E-state index contributed by atoms with van der Waals surface area (Å²) in [7, 11) is 3.97. The van der Waals surface area contributed by atoms with Crippen molar-refractivity contribution in [3.05, 3.63) is 48.2 Å². The van der Waals surface area contributed by atoms with Gasteiger partial charge in [-0.15, -0.1) is 11.6 Å². The predicted molar refractivity (Wildman–Crippen MR) is 142 cm³/mol. The second kappa shape index (κ2) is 7.54. The number of aliphatic hydroxyl groups excluding tert-OH is 2. The second-order valence-electron chi connectivity index (χ2n) is 12.7. The Morgan fingerprint density at radius 3 is 2.67 bits per heavy atom. The van der Waals surface area contributed by atoms with E-state index in [1.165, 1.54) is 16.5 Å². The molecule has 9 atom stereocenters. The topological polar surface area (TPSA) is 65.8 Å². The SMILES string of the molecule is CN(C)[C@H]1C[C@@]23CC[C@]4(O2)C2CC=C(c5cccc6ncccc56)[C@@]2(C)CCC4(Cl)CC3[C@@H](O)[C@@H]1O. The third-order valence-corrected chi connectivity index (χ3v) is 11.8. The summed E-state index contributed by atoms with van der Waals surface area (Å²) >= 11 is 7.65. The van der Waals surface area contributed by atoms with Crippen molar-refractivity contribution in [2.45, 2.75) is 86.2 Å². The number of alkyl halides is 1. The van der Waals surface area contributed by atoms with Gasteiger partial charge in [0.2, 0.25) is 0 Å². The molecule has 0 radical (unpaired) electrons. The zero-order valence-corrected chi connectivity index (χ0v) is 22.2. The minimum Gasteiger partial charge on any atom is -0.390 e. The molecule has 2 spiro atoms. The van der Waals surface area contributed by atoms with E-state index in [9.17, 15) is 10.2 Å². The molecule has 5 aliphatic rings. The highest BCUT2D eigenvalue weighted by Crippen LogP contribution is 2.73. The third-order valence-electron chi connectivity index (χ3n) is 11.1. The third kappa shape index (κ3) is 2.79. The number of hydrogen-bond donors (Lipinski definition) is 2. The van der Waals surface area contributed by atoms with Crippen LogP contribution >= 0.6 is 11.6 Å². The monoisotopic (exact) mass is 508 g/mol. The van der Waals surface area contributed by atoms with Gasteiger partial charge < -0.3 is 19.8 Å². The Labute approximate surface area is 218 Å². The molecule has 3 aliphatic carbocycles. The molecule has 36 heavy (non-hydrogen) atoms. The lowest BCUT2D eigenvalue weighted by Crippen LogP contribution is -2.72. The summed E-state index contributed by atoms with van der Waals surface area (Å²) in [6.45, 7) is 2.43. The van der Waals surface area contributed by atoms with Crippen molar-refractivity contribution in [3.63, 3.8) is 0 Å². The number of nitrogens with zero attached hydrogens (tertiary/aromatic N) is 2. The van der Waals surface area contributed by atoms with Crippen LogP contribution in [-0.2, 0) is 4.74 Å². The standard InChI is InChI=1S/C30H37ClN2O3/c1-27-11-13-29(31)16-21-25(34)26(35)23(33(2)3)17-28(21)12-14-30(29,36-28)24(27)10-9-20(27)18-6-4-8-22-19(18)7-5-15-32-22/h4-9,15,21,23-26,34-35H,10-14,16-17H2,1-3H3/t21?,23-,24?,25+,26+,27+,28+,29?,30-/m0/s1. The van der Waals surface area contributed by atoms with Gasteiger partial charge in [-0.05, 0) is 87.7 Å². The van der Waals surface area contributed by atoms with Crippen LogP contribution in [0.1, 0.15) is 57.4 Å². The fourth-order valence-corrected chi connectivity index (χ4v) is 9.84. The van der Waals surface area contributed by atoms with E-state index < -0.39 is 28.3 Å². The van der Waals surface area contributed by atoms with Gasteiger partial charge >= 0.3 is 0 Å². The highest BCUT2D eigenvalue weighted by molar-refractivity contribution is 6.25. The van der Waals surface area contributed by atoms with Crippen molar-refractivity contribution < 1.29 is 14.9 Å². The summed E-state index contributed by atoms with van der Waals surface area (Å²) in [5.74, 6) is 0.166. The van der Waals surface area contributed by atoms with Crippen molar-refractivity contribution >= 4 is 28.1 Å². The van der Waals surface area contributed by atoms with Crippen LogP contribution < -0.4 is 0 Å².